The van der Waals surface area contributed by atoms with Gasteiger partial charge in [-0.15, -0.1) is 5.10 Å². The lowest BCUT2D eigenvalue weighted by Crippen LogP contribution is -2.49. The largest absolute Gasteiger partial charge is 0.379 e. The van der Waals surface area contributed by atoms with Gasteiger partial charge in [-0.1, -0.05) is 11.3 Å². The maximum absolute atomic E-state index is 13.7. The van der Waals surface area contributed by atoms with E-state index in [2.05, 4.69) is 20.3 Å². The summed E-state index contributed by atoms with van der Waals surface area (Å²) in [5, 5.41) is 8.40. The van der Waals surface area contributed by atoms with Gasteiger partial charge in [0.15, 0.2) is 17.0 Å². The molecular formula is C25H25FN8O4S. The zero-order valence-corrected chi connectivity index (χ0v) is 21.7. The number of carbonyl (C=O) groups excluding carboxylic acids is 1. The van der Waals surface area contributed by atoms with Crippen molar-refractivity contribution in [1.82, 2.24) is 34.2 Å². The number of benzene rings is 2. The van der Waals surface area contributed by atoms with E-state index in [-0.39, 0.29) is 16.6 Å². The molecule has 2 saturated heterocycles. The van der Waals surface area contributed by atoms with Gasteiger partial charge in [-0.2, -0.15) is 8.99 Å². The van der Waals surface area contributed by atoms with Crippen LogP contribution in [0.15, 0.2) is 59.8 Å². The van der Waals surface area contributed by atoms with Crippen molar-refractivity contribution in [3.63, 3.8) is 0 Å². The van der Waals surface area contributed by atoms with E-state index in [4.69, 9.17) is 4.74 Å². The first-order chi connectivity index (χ1) is 18.9. The third kappa shape index (κ3) is 4.82. The molecule has 2 aromatic carbocycles. The third-order valence-electron chi connectivity index (χ3n) is 6.85. The molecule has 2 aliphatic heterocycles. The SMILES string of the molecule is O=C(c1ccc(S(=O)(=O)N2CCOCC2)cc1)N1CCN(c2ncnc3c2nnn3-c2cccc(F)c2)CC1. The van der Waals surface area contributed by atoms with Crippen LogP contribution in [0.25, 0.3) is 16.9 Å². The molecule has 4 heterocycles. The second kappa shape index (κ2) is 10.3. The van der Waals surface area contributed by atoms with Crippen molar-refractivity contribution >= 4 is 32.9 Å². The highest BCUT2D eigenvalue weighted by Crippen LogP contribution is 2.25. The zero-order valence-electron chi connectivity index (χ0n) is 20.8. The van der Waals surface area contributed by atoms with Crippen molar-refractivity contribution in [3.8, 4) is 5.69 Å². The maximum Gasteiger partial charge on any atom is 0.253 e. The summed E-state index contributed by atoms with van der Waals surface area (Å²) >= 11 is 0. The second-order valence-corrected chi connectivity index (χ2v) is 11.1. The van der Waals surface area contributed by atoms with Crippen molar-refractivity contribution in [3.05, 3.63) is 66.2 Å². The van der Waals surface area contributed by atoms with Crippen molar-refractivity contribution in [2.24, 2.45) is 0 Å². The molecule has 0 bridgehead atoms. The summed E-state index contributed by atoms with van der Waals surface area (Å²) in [5.41, 5.74) is 1.86. The molecule has 0 aliphatic carbocycles. The van der Waals surface area contributed by atoms with E-state index < -0.39 is 10.0 Å². The highest BCUT2D eigenvalue weighted by atomic mass is 32.2. The smallest absolute Gasteiger partial charge is 0.253 e. The number of rotatable bonds is 5. The van der Waals surface area contributed by atoms with Gasteiger partial charge < -0.3 is 14.5 Å². The molecule has 4 aromatic rings. The fourth-order valence-corrected chi connectivity index (χ4v) is 6.17. The van der Waals surface area contributed by atoms with Gasteiger partial charge in [-0.3, -0.25) is 4.79 Å². The number of anilines is 1. The minimum Gasteiger partial charge on any atom is -0.379 e. The Morgan fingerprint density at radius 2 is 1.67 bits per heavy atom. The van der Waals surface area contributed by atoms with Gasteiger partial charge in [0, 0.05) is 44.8 Å². The molecule has 0 atom stereocenters. The van der Waals surface area contributed by atoms with Crippen LogP contribution in [0.3, 0.4) is 0 Å². The van der Waals surface area contributed by atoms with E-state index in [1.54, 1.807) is 29.2 Å². The molecule has 12 nitrogen and oxygen atoms in total. The number of aromatic nitrogens is 5. The number of hydrogen-bond donors (Lipinski definition) is 0. The van der Waals surface area contributed by atoms with Crippen molar-refractivity contribution in [1.29, 1.82) is 0 Å². The summed E-state index contributed by atoms with van der Waals surface area (Å²) in [6, 6.07) is 12.1. The molecule has 0 spiro atoms. The Morgan fingerprint density at radius 1 is 0.923 bits per heavy atom. The quantitative estimate of drug-likeness (QED) is 0.360. The number of morpholine rings is 1. The lowest BCUT2D eigenvalue weighted by molar-refractivity contribution is 0.0730. The summed E-state index contributed by atoms with van der Waals surface area (Å²) < 4.78 is 47.6. The third-order valence-corrected chi connectivity index (χ3v) is 8.76. The van der Waals surface area contributed by atoms with E-state index in [0.717, 1.165) is 0 Å². The van der Waals surface area contributed by atoms with Crippen LogP contribution in [-0.2, 0) is 14.8 Å². The molecule has 0 unspecified atom stereocenters. The normalized spacial score (nSPS) is 17.1. The molecule has 2 aliphatic rings. The fourth-order valence-electron chi connectivity index (χ4n) is 4.76. The molecular weight excluding hydrogens is 527 g/mol. The molecule has 6 rings (SSSR count). The zero-order chi connectivity index (χ0) is 27.0. The summed E-state index contributed by atoms with van der Waals surface area (Å²) in [6.07, 6.45) is 1.42. The number of piperazine rings is 1. The Balaban J connectivity index is 1.14. The monoisotopic (exact) mass is 552 g/mol. The van der Waals surface area contributed by atoms with E-state index in [1.165, 1.54) is 39.6 Å². The Bertz CT molecular complexity index is 1610. The van der Waals surface area contributed by atoms with Crippen LogP contribution in [-0.4, -0.2) is 101 Å². The first kappa shape index (κ1) is 25.3. The Labute approximate surface area is 223 Å². The minimum atomic E-state index is -3.63. The number of hydrogen-bond acceptors (Lipinski definition) is 9. The van der Waals surface area contributed by atoms with Crippen molar-refractivity contribution in [2.45, 2.75) is 4.90 Å². The van der Waals surface area contributed by atoms with Gasteiger partial charge in [0.05, 0.1) is 23.8 Å². The molecule has 2 fully saturated rings. The predicted octanol–water partition coefficient (Wildman–Crippen LogP) is 1.33. The van der Waals surface area contributed by atoms with E-state index in [9.17, 15) is 17.6 Å². The van der Waals surface area contributed by atoms with Gasteiger partial charge in [-0.05, 0) is 42.5 Å². The molecule has 0 saturated carbocycles. The fraction of sp³-hybridized carbons (Fsp3) is 0.320. The first-order valence-corrected chi connectivity index (χ1v) is 13.9. The Morgan fingerprint density at radius 3 is 2.38 bits per heavy atom. The van der Waals surface area contributed by atoms with Crippen molar-refractivity contribution < 1.29 is 22.3 Å². The standard InChI is InChI=1S/C25H25FN8O4S/c26-19-2-1-3-20(16-19)34-24-22(29-30-34)23(27-17-28-24)31-8-10-32(11-9-31)25(35)18-4-6-21(7-5-18)39(36,37)33-12-14-38-15-13-33/h1-7,16-17H,8-15H2. The summed E-state index contributed by atoms with van der Waals surface area (Å²) in [4.78, 5) is 25.8. The molecule has 2 aromatic heterocycles. The van der Waals surface area contributed by atoms with Crippen LogP contribution in [0.4, 0.5) is 10.2 Å². The molecule has 202 valence electrons. The molecule has 0 N–H and O–H groups in total. The summed E-state index contributed by atoms with van der Waals surface area (Å²) in [5.74, 6) is 0.0295. The number of halogens is 1. The van der Waals surface area contributed by atoms with Crippen LogP contribution in [0.5, 0.6) is 0 Å². The van der Waals surface area contributed by atoms with Crippen LogP contribution in [0.1, 0.15) is 10.4 Å². The average molecular weight is 553 g/mol. The summed E-state index contributed by atoms with van der Waals surface area (Å²) in [6.45, 7) is 3.26. The van der Waals surface area contributed by atoms with Crippen LogP contribution in [0, 0.1) is 5.82 Å². The number of ether oxygens (including phenoxy) is 1. The van der Waals surface area contributed by atoms with E-state index >= 15 is 0 Å². The number of sulfonamides is 1. The Hall–Kier alpha value is -4.01. The predicted molar refractivity (Wildman–Crippen MR) is 139 cm³/mol. The van der Waals surface area contributed by atoms with E-state index in [1.807, 2.05) is 4.90 Å². The topological polar surface area (TPSA) is 127 Å². The molecule has 0 radical (unpaired) electrons. The maximum atomic E-state index is 13.7. The van der Waals surface area contributed by atoms with E-state index in [0.29, 0.717) is 80.7 Å². The number of nitrogens with zero attached hydrogens (tertiary/aromatic N) is 8. The highest BCUT2D eigenvalue weighted by molar-refractivity contribution is 7.89. The minimum absolute atomic E-state index is 0.157. The number of amides is 1. The first-order valence-electron chi connectivity index (χ1n) is 12.5. The number of carbonyl (C=O) groups is 1. The van der Waals surface area contributed by atoms with Crippen LogP contribution >= 0.6 is 0 Å². The van der Waals surface area contributed by atoms with Crippen LogP contribution < -0.4 is 4.90 Å². The molecule has 14 heteroatoms. The number of fused-ring (bicyclic) bond motifs is 1. The van der Waals surface area contributed by atoms with Crippen LogP contribution in [0.2, 0.25) is 0 Å². The van der Waals surface area contributed by atoms with Crippen molar-refractivity contribution in [2.75, 3.05) is 57.4 Å². The van der Waals surface area contributed by atoms with Gasteiger partial charge in [0.1, 0.15) is 12.1 Å². The van der Waals surface area contributed by atoms with Gasteiger partial charge in [-0.25, -0.2) is 22.8 Å². The average Bonchev–Trinajstić information content (AvgIpc) is 3.42. The second-order valence-electron chi connectivity index (χ2n) is 9.17. The lowest BCUT2D eigenvalue weighted by Gasteiger charge is -2.35. The van der Waals surface area contributed by atoms with Gasteiger partial charge >= 0.3 is 0 Å². The van der Waals surface area contributed by atoms with Gasteiger partial charge in [0.2, 0.25) is 10.0 Å². The summed E-state index contributed by atoms with van der Waals surface area (Å²) in [7, 11) is -3.63. The molecule has 1 amide bonds. The lowest BCUT2D eigenvalue weighted by atomic mass is 10.2. The van der Waals surface area contributed by atoms with Gasteiger partial charge in [0.25, 0.3) is 5.91 Å². The Kier molecular flexibility index (Phi) is 6.66. The molecule has 39 heavy (non-hydrogen) atoms. The highest BCUT2D eigenvalue weighted by Gasteiger charge is 2.28.